The molecule has 4 nitrogen and oxygen atoms in total. The van der Waals surface area contributed by atoms with Gasteiger partial charge in [-0.2, -0.15) is 0 Å². The summed E-state index contributed by atoms with van der Waals surface area (Å²) < 4.78 is 6.81. The van der Waals surface area contributed by atoms with Crippen molar-refractivity contribution in [2.45, 2.75) is 19.4 Å². The molecule has 3 rings (SSSR count). The van der Waals surface area contributed by atoms with Crippen LogP contribution in [0.4, 0.5) is 0 Å². The Morgan fingerprint density at radius 3 is 2.79 bits per heavy atom. The Balaban J connectivity index is 2.27. The molecular formula is C13H12Cl2N2O2. The molecule has 1 aromatic heterocycles. The van der Waals surface area contributed by atoms with Crippen molar-refractivity contribution < 1.29 is 4.74 Å². The van der Waals surface area contributed by atoms with Crippen LogP contribution in [0, 0.1) is 5.92 Å². The average molecular weight is 299 g/mol. The van der Waals surface area contributed by atoms with E-state index in [2.05, 4.69) is 4.98 Å². The van der Waals surface area contributed by atoms with Crippen molar-refractivity contribution in [1.29, 1.82) is 0 Å². The smallest absolute Gasteiger partial charge is 0.262 e. The summed E-state index contributed by atoms with van der Waals surface area (Å²) >= 11 is 12.2. The van der Waals surface area contributed by atoms with Crippen molar-refractivity contribution in [3.05, 3.63) is 32.8 Å². The summed E-state index contributed by atoms with van der Waals surface area (Å²) in [5.74, 6) is 0.974. The molecule has 1 aliphatic rings. The van der Waals surface area contributed by atoms with E-state index < -0.39 is 0 Å². The first-order chi connectivity index (χ1) is 9.11. The number of ether oxygens (including phenoxy) is 1. The minimum atomic E-state index is -0.142. The monoisotopic (exact) mass is 298 g/mol. The normalized spacial score (nSPS) is 14.9. The van der Waals surface area contributed by atoms with Gasteiger partial charge in [-0.15, -0.1) is 0 Å². The summed E-state index contributed by atoms with van der Waals surface area (Å²) in [5, 5.41) is 1.03. The van der Waals surface area contributed by atoms with Crippen LogP contribution in [-0.4, -0.2) is 16.7 Å². The van der Waals surface area contributed by atoms with Crippen LogP contribution < -0.4 is 10.3 Å². The van der Waals surface area contributed by atoms with E-state index in [0.717, 1.165) is 0 Å². The zero-order valence-corrected chi connectivity index (χ0v) is 11.8. The third-order valence-corrected chi connectivity index (χ3v) is 3.90. The second kappa shape index (κ2) is 4.69. The highest BCUT2D eigenvalue weighted by Crippen LogP contribution is 2.35. The maximum atomic E-state index is 12.4. The molecule has 0 atom stereocenters. The second-order valence-corrected chi connectivity index (χ2v) is 5.56. The summed E-state index contributed by atoms with van der Waals surface area (Å²) in [7, 11) is 1.49. The molecule has 0 radical (unpaired) electrons. The van der Waals surface area contributed by atoms with Crippen LogP contribution in [0.3, 0.4) is 0 Å². The molecule has 0 N–H and O–H groups in total. The van der Waals surface area contributed by atoms with Gasteiger partial charge in [-0.05, 0) is 24.8 Å². The van der Waals surface area contributed by atoms with Gasteiger partial charge in [-0.3, -0.25) is 9.36 Å². The van der Waals surface area contributed by atoms with Gasteiger partial charge in [-0.1, -0.05) is 23.2 Å². The van der Waals surface area contributed by atoms with Gasteiger partial charge >= 0.3 is 0 Å². The summed E-state index contributed by atoms with van der Waals surface area (Å²) in [6.07, 6.45) is 3.88. The van der Waals surface area contributed by atoms with Gasteiger partial charge in [0.15, 0.2) is 5.75 Å². The number of hydrogen-bond acceptors (Lipinski definition) is 3. The summed E-state index contributed by atoms with van der Waals surface area (Å²) in [4.78, 5) is 16.7. The summed E-state index contributed by atoms with van der Waals surface area (Å²) in [6.45, 7) is 0.697. The molecule has 0 amide bonds. The van der Waals surface area contributed by atoms with Crippen LogP contribution in [0.5, 0.6) is 5.75 Å². The molecule has 0 aliphatic heterocycles. The van der Waals surface area contributed by atoms with E-state index in [-0.39, 0.29) is 5.56 Å². The molecule has 1 heterocycles. The Kier molecular flexibility index (Phi) is 3.15. The Labute approximate surface area is 119 Å². The van der Waals surface area contributed by atoms with Crippen LogP contribution in [0.25, 0.3) is 10.9 Å². The number of nitrogens with zero attached hydrogens (tertiary/aromatic N) is 2. The lowest BCUT2D eigenvalue weighted by molar-refractivity contribution is 0.419. The molecule has 0 spiro atoms. The average Bonchev–Trinajstić information content (AvgIpc) is 3.16. The molecule has 1 saturated carbocycles. The maximum absolute atomic E-state index is 12.4. The first-order valence-electron chi connectivity index (χ1n) is 6.03. The lowest BCUT2D eigenvalue weighted by atomic mass is 10.2. The number of methoxy groups -OCH3 is 1. The molecule has 0 saturated heterocycles. The van der Waals surface area contributed by atoms with Gasteiger partial charge < -0.3 is 4.74 Å². The SMILES string of the molecule is COc1c(Cl)cc(Cl)c2c(=O)n(CC3CC3)cnc12. The predicted octanol–water partition coefficient (Wildman–Crippen LogP) is 3.12. The highest BCUT2D eigenvalue weighted by atomic mass is 35.5. The predicted molar refractivity (Wildman–Crippen MR) is 75.3 cm³/mol. The lowest BCUT2D eigenvalue weighted by Crippen LogP contribution is -2.22. The van der Waals surface area contributed by atoms with Crippen LogP contribution in [-0.2, 0) is 6.54 Å². The minimum Gasteiger partial charge on any atom is -0.493 e. The van der Waals surface area contributed by atoms with Gasteiger partial charge in [0.1, 0.15) is 5.52 Å². The van der Waals surface area contributed by atoms with Crippen LogP contribution >= 0.6 is 23.2 Å². The summed E-state index contributed by atoms with van der Waals surface area (Å²) in [6, 6.07) is 1.52. The fraction of sp³-hybridized carbons (Fsp3) is 0.385. The number of aromatic nitrogens is 2. The van der Waals surface area contributed by atoms with Gasteiger partial charge in [-0.25, -0.2) is 4.98 Å². The fourth-order valence-electron chi connectivity index (χ4n) is 2.14. The summed E-state index contributed by atoms with van der Waals surface area (Å²) in [5.41, 5.74) is 0.272. The standard InChI is InChI=1S/C13H12Cl2N2O2/c1-19-12-9(15)4-8(14)10-11(12)16-6-17(13(10)18)5-7-2-3-7/h4,6-7H,2-3,5H2,1H3. The van der Waals surface area contributed by atoms with E-state index in [4.69, 9.17) is 27.9 Å². The lowest BCUT2D eigenvalue weighted by Gasteiger charge is -2.10. The van der Waals surface area contributed by atoms with Crippen molar-refractivity contribution in [1.82, 2.24) is 9.55 Å². The Bertz CT molecular complexity index is 708. The molecule has 6 heteroatoms. The Hall–Kier alpha value is -1.26. The second-order valence-electron chi connectivity index (χ2n) is 4.74. The number of benzene rings is 1. The molecule has 1 aromatic carbocycles. The molecule has 2 aromatic rings. The van der Waals surface area contributed by atoms with Crippen molar-refractivity contribution in [2.24, 2.45) is 5.92 Å². The first kappa shape index (κ1) is 12.8. The molecule has 1 fully saturated rings. The zero-order valence-electron chi connectivity index (χ0n) is 10.3. The van der Waals surface area contributed by atoms with E-state index >= 15 is 0 Å². The third-order valence-electron chi connectivity index (χ3n) is 3.32. The molecule has 0 bridgehead atoms. The highest BCUT2D eigenvalue weighted by Gasteiger charge is 2.23. The van der Waals surface area contributed by atoms with E-state index in [1.54, 1.807) is 4.57 Å². The largest absolute Gasteiger partial charge is 0.493 e. The van der Waals surface area contributed by atoms with Crippen LogP contribution in [0.1, 0.15) is 12.8 Å². The highest BCUT2D eigenvalue weighted by molar-refractivity contribution is 6.39. The Morgan fingerprint density at radius 1 is 1.42 bits per heavy atom. The molecule has 0 unspecified atom stereocenters. The number of halogens is 2. The van der Waals surface area contributed by atoms with Crippen molar-refractivity contribution in [3.63, 3.8) is 0 Å². The van der Waals surface area contributed by atoms with Crippen molar-refractivity contribution >= 4 is 34.1 Å². The topological polar surface area (TPSA) is 44.1 Å². The first-order valence-corrected chi connectivity index (χ1v) is 6.78. The maximum Gasteiger partial charge on any atom is 0.262 e. The third kappa shape index (κ3) is 2.19. The fourth-order valence-corrected chi connectivity index (χ4v) is 2.75. The molecule has 1 aliphatic carbocycles. The van der Waals surface area contributed by atoms with E-state index in [9.17, 15) is 4.79 Å². The quantitative estimate of drug-likeness (QED) is 0.874. The van der Waals surface area contributed by atoms with Crippen molar-refractivity contribution in [3.8, 4) is 5.75 Å². The van der Waals surface area contributed by atoms with E-state index in [1.165, 1.54) is 32.3 Å². The molecule has 19 heavy (non-hydrogen) atoms. The van der Waals surface area contributed by atoms with Crippen LogP contribution in [0.15, 0.2) is 17.2 Å². The van der Waals surface area contributed by atoms with Gasteiger partial charge in [0.25, 0.3) is 5.56 Å². The van der Waals surface area contributed by atoms with Gasteiger partial charge in [0.2, 0.25) is 0 Å². The number of fused-ring (bicyclic) bond motifs is 1. The minimum absolute atomic E-state index is 0.142. The molecular weight excluding hydrogens is 287 g/mol. The van der Waals surface area contributed by atoms with Gasteiger partial charge in [0.05, 0.1) is 28.9 Å². The van der Waals surface area contributed by atoms with Gasteiger partial charge in [0, 0.05) is 6.54 Å². The van der Waals surface area contributed by atoms with E-state index in [0.29, 0.717) is 39.2 Å². The Morgan fingerprint density at radius 2 is 2.16 bits per heavy atom. The molecule has 100 valence electrons. The number of hydrogen-bond donors (Lipinski definition) is 0. The van der Waals surface area contributed by atoms with Crippen molar-refractivity contribution in [2.75, 3.05) is 7.11 Å². The van der Waals surface area contributed by atoms with E-state index in [1.807, 2.05) is 0 Å². The zero-order chi connectivity index (χ0) is 13.6. The van der Waals surface area contributed by atoms with Crippen LogP contribution in [0.2, 0.25) is 10.0 Å². The number of rotatable bonds is 3.